The van der Waals surface area contributed by atoms with Crippen LogP contribution in [0.2, 0.25) is 0 Å². The zero-order valence-corrected chi connectivity index (χ0v) is 14.1. The molecule has 0 saturated carbocycles. The molecule has 2 amide bonds. The summed E-state index contributed by atoms with van der Waals surface area (Å²) in [7, 11) is 0. The van der Waals surface area contributed by atoms with E-state index >= 15 is 0 Å². The summed E-state index contributed by atoms with van der Waals surface area (Å²) in [4.78, 5) is 14.2. The average molecular weight is 345 g/mol. The quantitative estimate of drug-likeness (QED) is 0.908. The zero-order valence-electron chi connectivity index (χ0n) is 13.2. The normalized spacial score (nSPS) is 19.6. The summed E-state index contributed by atoms with van der Waals surface area (Å²) in [6.45, 7) is 2.57. The van der Waals surface area contributed by atoms with Gasteiger partial charge in [0.25, 0.3) is 0 Å². The predicted octanol–water partition coefficient (Wildman–Crippen LogP) is 3.18. The van der Waals surface area contributed by atoms with Gasteiger partial charge in [-0.15, -0.1) is 0 Å². The molecule has 7 heteroatoms. The molecule has 2 fully saturated rings. The van der Waals surface area contributed by atoms with Crippen molar-refractivity contribution in [2.45, 2.75) is 18.6 Å². The Bertz CT molecular complexity index is 703. The molecule has 2 aromatic rings. The van der Waals surface area contributed by atoms with Crippen LogP contribution < -0.4 is 5.32 Å². The van der Waals surface area contributed by atoms with Gasteiger partial charge < -0.3 is 14.4 Å². The van der Waals surface area contributed by atoms with Gasteiger partial charge in [-0.05, 0) is 11.5 Å². The van der Waals surface area contributed by atoms with Crippen LogP contribution in [0.3, 0.4) is 0 Å². The Balaban J connectivity index is 1.36. The summed E-state index contributed by atoms with van der Waals surface area (Å²) in [5, 5.41) is 3.70. The first-order chi connectivity index (χ1) is 11.7. The van der Waals surface area contributed by atoms with Crippen molar-refractivity contribution in [1.82, 2.24) is 9.27 Å². The number of carbonyl (C=O) groups is 1. The predicted molar refractivity (Wildman–Crippen MR) is 92.0 cm³/mol. The summed E-state index contributed by atoms with van der Waals surface area (Å²) in [5.74, 6) is -0.457. The highest BCUT2D eigenvalue weighted by molar-refractivity contribution is 7.10. The van der Waals surface area contributed by atoms with Gasteiger partial charge in [0.15, 0.2) is 5.79 Å². The van der Waals surface area contributed by atoms with Crippen molar-refractivity contribution < 1.29 is 14.3 Å². The maximum absolute atomic E-state index is 12.4. The molecule has 3 heterocycles. The molecule has 2 aliphatic rings. The highest BCUT2D eigenvalue weighted by Gasteiger charge is 2.40. The van der Waals surface area contributed by atoms with Crippen molar-refractivity contribution in [3.8, 4) is 11.3 Å². The van der Waals surface area contributed by atoms with E-state index in [2.05, 4.69) is 9.69 Å². The molecule has 126 valence electrons. The second-order valence-electron chi connectivity index (χ2n) is 5.97. The summed E-state index contributed by atoms with van der Waals surface area (Å²) in [6, 6.07) is 11.8. The largest absolute Gasteiger partial charge is 0.347 e. The minimum atomic E-state index is -0.457. The van der Waals surface area contributed by atoms with E-state index in [9.17, 15) is 4.79 Å². The number of ether oxygens (including phenoxy) is 2. The molecule has 1 aromatic carbocycles. The standard InChI is InChI=1S/C17H19N3O3S/c21-16(20-8-6-17(7-9-20)22-10-11-23-17)18-15-12-14(19-24-15)13-4-2-1-3-5-13/h1-5,12H,6-11H2,(H,18,21). The Kier molecular flexibility index (Phi) is 4.22. The number of nitrogens with one attached hydrogen (secondary N) is 1. The molecule has 0 unspecified atom stereocenters. The first kappa shape index (κ1) is 15.6. The third kappa shape index (κ3) is 3.15. The Morgan fingerprint density at radius 1 is 1.17 bits per heavy atom. The molecule has 0 bridgehead atoms. The van der Waals surface area contributed by atoms with E-state index in [-0.39, 0.29) is 6.03 Å². The molecule has 1 spiro atoms. The van der Waals surface area contributed by atoms with Gasteiger partial charge in [-0.2, -0.15) is 4.37 Å². The molecule has 1 N–H and O–H groups in total. The fourth-order valence-electron chi connectivity index (χ4n) is 3.10. The number of aromatic nitrogens is 1. The van der Waals surface area contributed by atoms with Crippen LogP contribution >= 0.6 is 11.5 Å². The highest BCUT2D eigenvalue weighted by atomic mass is 32.1. The lowest BCUT2D eigenvalue weighted by molar-refractivity contribution is -0.181. The molecule has 1 aromatic heterocycles. The van der Waals surface area contributed by atoms with E-state index in [1.807, 2.05) is 36.4 Å². The number of rotatable bonds is 2. The molecular weight excluding hydrogens is 326 g/mol. The molecule has 2 saturated heterocycles. The van der Waals surface area contributed by atoms with Crippen LogP contribution in [0.25, 0.3) is 11.3 Å². The number of benzene rings is 1. The van der Waals surface area contributed by atoms with Crippen LogP contribution in [0.1, 0.15) is 12.8 Å². The van der Waals surface area contributed by atoms with Gasteiger partial charge in [-0.1, -0.05) is 30.3 Å². The fraction of sp³-hybridized carbons (Fsp3) is 0.412. The van der Waals surface area contributed by atoms with Gasteiger partial charge in [0, 0.05) is 37.6 Å². The summed E-state index contributed by atoms with van der Waals surface area (Å²) >= 11 is 1.30. The second kappa shape index (κ2) is 6.51. The van der Waals surface area contributed by atoms with Gasteiger partial charge in [-0.3, -0.25) is 5.32 Å². The van der Waals surface area contributed by atoms with E-state index in [0.717, 1.165) is 29.1 Å². The van der Waals surface area contributed by atoms with Crippen LogP contribution in [0, 0.1) is 0 Å². The van der Waals surface area contributed by atoms with Crippen molar-refractivity contribution in [1.29, 1.82) is 0 Å². The van der Waals surface area contributed by atoms with E-state index in [1.54, 1.807) is 4.90 Å². The van der Waals surface area contributed by atoms with Crippen LogP contribution in [0.15, 0.2) is 36.4 Å². The summed E-state index contributed by atoms with van der Waals surface area (Å²) in [6.07, 6.45) is 1.44. The number of amides is 2. The van der Waals surface area contributed by atoms with Crippen molar-refractivity contribution >= 4 is 22.6 Å². The lowest BCUT2D eigenvalue weighted by Crippen LogP contribution is -2.48. The van der Waals surface area contributed by atoms with Crippen LogP contribution in [0.4, 0.5) is 9.80 Å². The summed E-state index contributed by atoms with van der Waals surface area (Å²) in [5.41, 5.74) is 1.92. The number of hydrogen-bond donors (Lipinski definition) is 1. The van der Waals surface area contributed by atoms with E-state index in [0.29, 0.717) is 26.3 Å². The molecule has 24 heavy (non-hydrogen) atoms. The number of nitrogens with zero attached hydrogens (tertiary/aromatic N) is 2. The van der Waals surface area contributed by atoms with Gasteiger partial charge in [0.05, 0.1) is 18.9 Å². The Morgan fingerprint density at radius 2 is 1.88 bits per heavy atom. The topological polar surface area (TPSA) is 63.7 Å². The van der Waals surface area contributed by atoms with Gasteiger partial charge in [-0.25, -0.2) is 4.79 Å². The van der Waals surface area contributed by atoms with Crippen molar-refractivity contribution in [2.24, 2.45) is 0 Å². The SMILES string of the molecule is O=C(Nc1cc(-c2ccccc2)ns1)N1CCC2(CC1)OCCO2. The molecule has 4 rings (SSSR count). The first-order valence-corrected chi connectivity index (χ1v) is 8.87. The number of likely N-dealkylation sites (tertiary alicyclic amines) is 1. The minimum Gasteiger partial charge on any atom is -0.347 e. The molecular formula is C17H19N3O3S. The van der Waals surface area contributed by atoms with Gasteiger partial charge in [0.2, 0.25) is 0 Å². The first-order valence-electron chi connectivity index (χ1n) is 8.10. The third-order valence-electron chi connectivity index (χ3n) is 4.44. The smallest absolute Gasteiger partial charge is 0.322 e. The van der Waals surface area contributed by atoms with Crippen molar-refractivity contribution in [3.63, 3.8) is 0 Å². The van der Waals surface area contributed by atoms with E-state index < -0.39 is 5.79 Å². The average Bonchev–Trinajstić information content (AvgIpc) is 3.26. The lowest BCUT2D eigenvalue weighted by atomic mass is 10.0. The number of hydrogen-bond acceptors (Lipinski definition) is 5. The van der Waals surface area contributed by atoms with Gasteiger partial charge in [0.1, 0.15) is 5.00 Å². The molecule has 0 atom stereocenters. The zero-order chi connectivity index (χ0) is 16.4. The lowest BCUT2D eigenvalue weighted by Gasteiger charge is -2.37. The number of piperidine rings is 1. The number of urea groups is 1. The number of carbonyl (C=O) groups excluding carboxylic acids is 1. The Morgan fingerprint density at radius 3 is 2.58 bits per heavy atom. The monoisotopic (exact) mass is 345 g/mol. The van der Waals surface area contributed by atoms with Crippen LogP contribution in [0.5, 0.6) is 0 Å². The minimum absolute atomic E-state index is 0.0916. The third-order valence-corrected chi connectivity index (χ3v) is 5.14. The maximum atomic E-state index is 12.4. The van der Waals surface area contributed by atoms with Gasteiger partial charge >= 0.3 is 6.03 Å². The van der Waals surface area contributed by atoms with Crippen molar-refractivity contribution in [3.05, 3.63) is 36.4 Å². The molecule has 6 nitrogen and oxygen atoms in total. The maximum Gasteiger partial charge on any atom is 0.322 e. The molecule has 0 aliphatic carbocycles. The van der Waals surface area contributed by atoms with Crippen LogP contribution in [-0.2, 0) is 9.47 Å². The summed E-state index contributed by atoms with van der Waals surface area (Å²) < 4.78 is 15.8. The molecule has 0 radical (unpaired) electrons. The van der Waals surface area contributed by atoms with E-state index in [1.165, 1.54) is 11.5 Å². The highest BCUT2D eigenvalue weighted by Crippen LogP contribution is 2.32. The fourth-order valence-corrected chi connectivity index (χ4v) is 3.75. The van der Waals surface area contributed by atoms with Crippen molar-refractivity contribution in [2.75, 3.05) is 31.6 Å². The molecule has 2 aliphatic heterocycles. The Labute approximate surface area is 144 Å². The number of anilines is 1. The van der Waals surface area contributed by atoms with Crippen LogP contribution in [-0.4, -0.2) is 47.4 Å². The Hall–Kier alpha value is -1.96. The second-order valence-corrected chi connectivity index (χ2v) is 6.77. The van der Waals surface area contributed by atoms with E-state index in [4.69, 9.17) is 9.47 Å².